The summed E-state index contributed by atoms with van der Waals surface area (Å²) in [5, 5.41) is 20.9. The number of imide groups is 1. The summed E-state index contributed by atoms with van der Waals surface area (Å²) in [6, 6.07) is 23.2. The lowest BCUT2D eigenvalue weighted by molar-refractivity contribution is 0.0923. The third-order valence-electron chi connectivity index (χ3n) is 9.44. The van der Waals surface area contributed by atoms with Gasteiger partial charge in [-0.2, -0.15) is 10.5 Å². The number of ether oxygens (including phenoxy) is 2. The van der Waals surface area contributed by atoms with Crippen molar-refractivity contribution in [3.05, 3.63) is 124 Å². The number of amides is 2. The van der Waals surface area contributed by atoms with Gasteiger partial charge in [0.15, 0.2) is 23.3 Å². The highest BCUT2D eigenvalue weighted by Crippen LogP contribution is 2.59. The average Bonchev–Trinajstić information content (AvgIpc) is 3.64. The molecule has 52 heavy (non-hydrogen) atoms. The van der Waals surface area contributed by atoms with E-state index in [1.165, 1.54) is 26.4 Å². The fourth-order valence-electron chi connectivity index (χ4n) is 7.22. The number of hydrogen-bond acceptors (Lipinski definition) is 6. The van der Waals surface area contributed by atoms with Gasteiger partial charge in [-0.05, 0) is 69.8 Å². The Hall–Kier alpha value is -7.05. The molecule has 0 spiro atoms. The second-order valence-corrected chi connectivity index (χ2v) is 11.9. The molecular weight excluding hydrogens is 681 g/mol. The minimum atomic E-state index is -2.45. The molecule has 0 N–H and O–H groups in total. The molecule has 0 aromatic heterocycles. The fraction of sp³-hybridized carbons (Fsp3) is 0.0500. The number of anilines is 1. The van der Waals surface area contributed by atoms with Crippen molar-refractivity contribution >= 4 is 28.3 Å². The zero-order valence-electron chi connectivity index (χ0n) is 26.8. The summed E-state index contributed by atoms with van der Waals surface area (Å²) < 4.78 is 84.9. The third kappa shape index (κ3) is 4.15. The predicted octanol–water partition coefficient (Wildman–Crippen LogP) is 9.08. The highest BCUT2D eigenvalue weighted by atomic mass is 19.2. The predicted molar refractivity (Wildman–Crippen MR) is 179 cm³/mol. The summed E-state index contributed by atoms with van der Waals surface area (Å²) in [6.07, 6.45) is 0. The van der Waals surface area contributed by atoms with E-state index in [0.29, 0.717) is 55.7 Å². The maximum atomic E-state index is 15.4. The number of rotatable bonds is 5. The van der Waals surface area contributed by atoms with Gasteiger partial charge in [-0.15, -0.1) is 0 Å². The summed E-state index contributed by atoms with van der Waals surface area (Å²) in [7, 11) is 2.88. The molecule has 12 heteroatoms. The van der Waals surface area contributed by atoms with Crippen molar-refractivity contribution in [2.75, 3.05) is 19.1 Å². The molecule has 8 rings (SSSR count). The van der Waals surface area contributed by atoms with Gasteiger partial charge in [0.1, 0.15) is 17.2 Å². The molecule has 6 aromatic carbocycles. The van der Waals surface area contributed by atoms with Gasteiger partial charge in [0.05, 0.1) is 48.6 Å². The van der Waals surface area contributed by atoms with Crippen LogP contribution in [0.5, 0.6) is 11.5 Å². The Morgan fingerprint density at radius 2 is 0.885 bits per heavy atom. The van der Waals surface area contributed by atoms with Gasteiger partial charge in [-0.1, -0.05) is 36.4 Å². The molecule has 6 aromatic rings. The van der Waals surface area contributed by atoms with Crippen LogP contribution in [0.2, 0.25) is 0 Å². The first kappa shape index (κ1) is 32.2. The second-order valence-electron chi connectivity index (χ2n) is 11.9. The van der Waals surface area contributed by atoms with Gasteiger partial charge in [0.2, 0.25) is 5.82 Å². The van der Waals surface area contributed by atoms with Crippen molar-refractivity contribution in [2.24, 2.45) is 0 Å². The Bertz CT molecular complexity index is 2540. The Balaban J connectivity index is 1.58. The van der Waals surface area contributed by atoms with Gasteiger partial charge in [-0.25, -0.2) is 26.9 Å². The van der Waals surface area contributed by atoms with E-state index in [-0.39, 0.29) is 38.3 Å². The van der Waals surface area contributed by atoms with E-state index in [2.05, 4.69) is 12.1 Å². The minimum absolute atomic E-state index is 0.0236. The van der Waals surface area contributed by atoms with E-state index in [4.69, 9.17) is 9.47 Å². The van der Waals surface area contributed by atoms with Crippen LogP contribution in [0.15, 0.2) is 72.8 Å². The molecule has 0 saturated heterocycles. The van der Waals surface area contributed by atoms with E-state index < -0.39 is 46.6 Å². The number of nitrogens with zero attached hydrogens (tertiary/aromatic N) is 3. The summed E-state index contributed by atoms with van der Waals surface area (Å²) in [5.41, 5.74) is 0.492. The van der Waals surface area contributed by atoms with Crippen molar-refractivity contribution < 1.29 is 41.0 Å². The lowest BCUT2D eigenvalue weighted by Crippen LogP contribution is -2.32. The van der Waals surface area contributed by atoms with E-state index in [9.17, 15) is 33.3 Å². The van der Waals surface area contributed by atoms with Crippen LogP contribution in [0.1, 0.15) is 31.8 Å². The van der Waals surface area contributed by atoms with Crippen molar-refractivity contribution in [3.63, 3.8) is 0 Å². The average molecular weight is 700 g/mol. The first-order chi connectivity index (χ1) is 25.1. The van der Waals surface area contributed by atoms with E-state index in [0.717, 1.165) is 0 Å². The van der Waals surface area contributed by atoms with Crippen LogP contribution in [0, 0.1) is 51.7 Å². The Morgan fingerprint density at radius 3 is 1.25 bits per heavy atom. The molecule has 0 fully saturated rings. The SMILES string of the molecule is COc1ccc(-c2c3c(c(-c4ccc(OC)cc4)c4c2-c2ccc(C#N)c5c(C#N)ccc-4c25)C(=O)N(c2c(F)c(F)c(F)c(F)c2F)C3=O)cc1. The summed E-state index contributed by atoms with van der Waals surface area (Å²) in [6.45, 7) is 0. The van der Waals surface area contributed by atoms with Crippen molar-refractivity contribution in [3.8, 4) is 68.1 Å². The van der Waals surface area contributed by atoms with Crippen molar-refractivity contribution in [1.29, 1.82) is 10.5 Å². The summed E-state index contributed by atoms with van der Waals surface area (Å²) in [5.74, 6) is -13.7. The lowest BCUT2D eigenvalue weighted by Gasteiger charge is -2.20. The lowest BCUT2D eigenvalue weighted by atomic mass is 9.81. The number of nitriles is 2. The number of methoxy groups -OCH3 is 2. The smallest absolute Gasteiger partial charge is 0.267 e. The van der Waals surface area contributed by atoms with Crippen LogP contribution in [0.4, 0.5) is 27.6 Å². The molecule has 0 saturated carbocycles. The van der Waals surface area contributed by atoms with Crippen LogP contribution in [0.25, 0.3) is 55.3 Å². The quantitative estimate of drug-likeness (QED) is 0.0769. The van der Waals surface area contributed by atoms with Crippen LogP contribution in [-0.2, 0) is 0 Å². The number of fused-ring (bicyclic) bond motifs is 4. The Kier molecular flexibility index (Phi) is 7.12. The molecule has 0 unspecified atom stereocenters. The van der Waals surface area contributed by atoms with Crippen molar-refractivity contribution in [1.82, 2.24) is 0 Å². The second kappa shape index (κ2) is 11.5. The largest absolute Gasteiger partial charge is 0.497 e. The topological polar surface area (TPSA) is 103 Å². The molecule has 0 bridgehead atoms. The summed E-state index contributed by atoms with van der Waals surface area (Å²) >= 11 is 0. The van der Waals surface area contributed by atoms with Gasteiger partial charge < -0.3 is 9.47 Å². The molecule has 0 radical (unpaired) electrons. The van der Waals surface area contributed by atoms with Crippen LogP contribution in [0.3, 0.4) is 0 Å². The number of benzene rings is 6. The fourth-order valence-corrected chi connectivity index (χ4v) is 7.22. The molecule has 7 nitrogen and oxygen atoms in total. The highest BCUT2D eigenvalue weighted by Gasteiger charge is 2.48. The monoisotopic (exact) mass is 699 g/mol. The van der Waals surface area contributed by atoms with Crippen molar-refractivity contribution in [2.45, 2.75) is 0 Å². The van der Waals surface area contributed by atoms with E-state index in [1.54, 1.807) is 60.7 Å². The first-order valence-corrected chi connectivity index (χ1v) is 15.4. The molecule has 2 amide bonds. The van der Waals surface area contributed by atoms with Gasteiger partial charge in [-0.3, -0.25) is 9.59 Å². The van der Waals surface area contributed by atoms with Crippen LogP contribution >= 0.6 is 0 Å². The van der Waals surface area contributed by atoms with E-state index in [1.807, 2.05) is 0 Å². The number of hydrogen-bond donors (Lipinski definition) is 0. The van der Waals surface area contributed by atoms with Gasteiger partial charge >= 0.3 is 0 Å². The normalized spacial score (nSPS) is 12.5. The molecule has 1 aliphatic carbocycles. The maximum Gasteiger partial charge on any atom is 0.267 e. The number of carbonyl (C=O) groups excluding carboxylic acids is 2. The zero-order chi connectivity index (χ0) is 36.7. The maximum absolute atomic E-state index is 15.4. The molecule has 1 heterocycles. The zero-order valence-corrected chi connectivity index (χ0v) is 26.8. The standard InChI is InChI=1S/C40H18F5N3O4/c1-51-21-9-3-17(4-10-21)26-29-23-13-7-19(15-46)25-20(16-47)8-14-24(28(23)25)30(29)27(18-5-11-22(52-2)12-6-18)32-31(26)39(49)48(40(32)50)38-36(44)34(42)33(41)35(43)37(38)45/h3-14H,1-2H3. The number of carbonyl (C=O) groups is 2. The molecule has 1 aliphatic heterocycles. The molecule has 252 valence electrons. The van der Waals surface area contributed by atoms with E-state index >= 15 is 8.78 Å². The number of halogens is 5. The third-order valence-corrected chi connectivity index (χ3v) is 9.44. The molecule has 0 atom stereocenters. The summed E-state index contributed by atoms with van der Waals surface area (Å²) in [4.78, 5) is 29.3. The van der Waals surface area contributed by atoms with Crippen LogP contribution in [-0.4, -0.2) is 26.0 Å². The van der Waals surface area contributed by atoms with Gasteiger partial charge in [0.25, 0.3) is 11.8 Å². The Morgan fingerprint density at radius 1 is 0.500 bits per heavy atom. The highest BCUT2D eigenvalue weighted by molar-refractivity contribution is 6.41. The molecule has 2 aliphatic rings. The molecular formula is C40H18F5N3O4. The minimum Gasteiger partial charge on any atom is -0.497 e. The van der Waals surface area contributed by atoms with Gasteiger partial charge in [0, 0.05) is 21.9 Å². The van der Waals surface area contributed by atoms with Crippen LogP contribution < -0.4 is 14.4 Å². The first-order valence-electron chi connectivity index (χ1n) is 15.4. The Labute approximate surface area is 290 Å².